The lowest BCUT2D eigenvalue weighted by atomic mass is 9.98. The van der Waals surface area contributed by atoms with Gasteiger partial charge in [-0.2, -0.15) is 28.0 Å². The molecule has 0 saturated carbocycles. The molecule has 1 aliphatic heterocycles. The number of alkyl halides is 3. The van der Waals surface area contributed by atoms with E-state index in [-0.39, 0.29) is 47.1 Å². The predicted octanol–water partition coefficient (Wildman–Crippen LogP) is 3.70. The number of benzene rings is 1. The summed E-state index contributed by atoms with van der Waals surface area (Å²) in [6, 6.07) is 6.41. The van der Waals surface area contributed by atoms with Crippen LogP contribution in [0, 0.1) is 18.3 Å². The van der Waals surface area contributed by atoms with Gasteiger partial charge < -0.3 is 19.8 Å². The second-order valence-electron chi connectivity index (χ2n) is 8.24. The van der Waals surface area contributed by atoms with Crippen LogP contribution < -0.4 is 4.90 Å². The Morgan fingerprint density at radius 2 is 2.03 bits per heavy atom. The molecule has 2 N–H and O–H groups in total. The van der Waals surface area contributed by atoms with Crippen molar-refractivity contribution in [2.75, 3.05) is 31.2 Å². The Bertz CT molecular complexity index is 1540. The minimum Gasteiger partial charge on any atom is -0.504 e. The van der Waals surface area contributed by atoms with E-state index >= 15 is 0 Å². The van der Waals surface area contributed by atoms with Gasteiger partial charge in [-0.3, -0.25) is 4.98 Å². The van der Waals surface area contributed by atoms with Gasteiger partial charge in [-0.1, -0.05) is 17.7 Å². The molecule has 9 nitrogen and oxygen atoms in total. The minimum absolute atomic E-state index is 0.102. The molecule has 0 amide bonds. The number of nitriles is 1. The summed E-state index contributed by atoms with van der Waals surface area (Å²) in [6.07, 6.45) is -3.66. The highest BCUT2D eigenvalue weighted by Crippen LogP contribution is 2.43. The van der Waals surface area contributed by atoms with Crippen LogP contribution in [0.1, 0.15) is 17.0 Å². The average Bonchev–Trinajstić information content (AvgIpc) is 3.19. The molecule has 0 aliphatic carbocycles. The first-order chi connectivity index (χ1) is 17.2. The van der Waals surface area contributed by atoms with Gasteiger partial charge in [0.25, 0.3) is 0 Å². The summed E-state index contributed by atoms with van der Waals surface area (Å²) >= 11 is 6.05. The van der Waals surface area contributed by atoms with Crippen LogP contribution in [-0.4, -0.2) is 62.2 Å². The Balaban J connectivity index is 1.81. The van der Waals surface area contributed by atoms with E-state index in [0.29, 0.717) is 35.3 Å². The van der Waals surface area contributed by atoms with Gasteiger partial charge in [-0.25, -0.2) is 4.98 Å². The van der Waals surface area contributed by atoms with E-state index < -0.39 is 17.4 Å². The zero-order valence-corrected chi connectivity index (χ0v) is 19.5. The number of nitrogens with zero attached hydrogens (tertiary/aromatic N) is 6. The van der Waals surface area contributed by atoms with Crippen molar-refractivity contribution in [3.8, 4) is 22.9 Å². The van der Waals surface area contributed by atoms with Crippen molar-refractivity contribution in [3.63, 3.8) is 0 Å². The van der Waals surface area contributed by atoms with E-state index in [1.807, 2.05) is 0 Å². The van der Waals surface area contributed by atoms with Crippen LogP contribution in [-0.2, 0) is 10.9 Å². The summed E-state index contributed by atoms with van der Waals surface area (Å²) < 4.78 is 47.9. The first-order valence-corrected chi connectivity index (χ1v) is 11.2. The highest BCUT2D eigenvalue weighted by atomic mass is 35.5. The fourth-order valence-corrected chi connectivity index (χ4v) is 4.54. The van der Waals surface area contributed by atoms with E-state index in [4.69, 9.17) is 21.4 Å². The first kappa shape index (κ1) is 24.1. The number of hydrogen-bond donors (Lipinski definition) is 2. The van der Waals surface area contributed by atoms with Crippen LogP contribution in [0.2, 0.25) is 5.02 Å². The third-order valence-electron chi connectivity index (χ3n) is 6.00. The van der Waals surface area contributed by atoms with Crippen molar-refractivity contribution in [2.24, 2.45) is 0 Å². The SMILES string of the molecule is Cc1nc2c(C#N)c(C(F)(F)F)nn2c(N2CC(OCCO)C2)c1-c1ccnc2c(O)c(Cl)ccc12. The van der Waals surface area contributed by atoms with Crippen molar-refractivity contribution in [3.05, 3.63) is 46.4 Å². The van der Waals surface area contributed by atoms with Crippen LogP contribution >= 0.6 is 11.6 Å². The maximum atomic E-state index is 13.8. The molecule has 0 unspecified atom stereocenters. The average molecular weight is 519 g/mol. The second kappa shape index (κ2) is 8.77. The number of anilines is 1. The molecule has 0 bridgehead atoms. The molecule has 4 aromatic rings. The van der Waals surface area contributed by atoms with Crippen molar-refractivity contribution < 1.29 is 28.1 Å². The highest BCUT2D eigenvalue weighted by molar-refractivity contribution is 6.33. The summed E-state index contributed by atoms with van der Waals surface area (Å²) in [5.41, 5.74) is -0.653. The number of aryl methyl sites for hydroxylation is 1. The van der Waals surface area contributed by atoms with Crippen LogP contribution in [0.3, 0.4) is 0 Å². The molecule has 0 radical (unpaired) electrons. The van der Waals surface area contributed by atoms with E-state index in [0.717, 1.165) is 4.52 Å². The van der Waals surface area contributed by atoms with E-state index in [1.165, 1.54) is 12.3 Å². The number of aliphatic hydroxyl groups is 1. The highest BCUT2D eigenvalue weighted by Gasteiger charge is 2.41. The van der Waals surface area contributed by atoms with Gasteiger partial charge in [-0.15, -0.1) is 0 Å². The molecule has 1 aliphatic rings. The first-order valence-electron chi connectivity index (χ1n) is 10.8. The molecule has 0 atom stereocenters. The van der Waals surface area contributed by atoms with Gasteiger partial charge in [0.15, 0.2) is 17.1 Å². The van der Waals surface area contributed by atoms with Crippen LogP contribution in [0.15, 0.2) is 24.4 Å². The number of hydrogen-bond acceptors (Lipinski definition) is 8. The third kappa shape index (κ3) is 3.76. The number of aromatic nitrogens is 4. The Labute approximate surface area is 206 Å². The molecule has 13 heteroatoms. The Morgan fingerprint density at radius 3 is 2.69 bits per heavy atom. The summed E-state index contributed by atoms with van der Waals surface area (Å²) in [4.78, 5) is 10.3. The fourth-order valence-electron chi connectivity index (χ4n) is 4.38. The number of aliphatic hydroxyl groups excluding tert-OH is 1. The number of phenols is 1. The second-order valence-corrected chi connectivity index (χ2v) is 8.64. The molecular weight excluding hydrogens is 501 g/mol. The minimum atomic E-state index is -4.86. The maximum Gasteiger partial charge on any atom is 0.436 e. The van der Waals surface area contributed by atoms with Crippen LogP contribution in [0.4, 0.5) is 19.0 Å². The number of fused-ring (bicyclic) bond motifs is 2. The largest absolute Gasteiger partial charge is 0.504 e. The van der Waals surface area contributed by atoms with Gasteiger partial charge in [-0.05, 0) is 24.6 Å². The number of aromatic hydroxyl groups is 1. The van der Waals surface area contributed by atoms with Crippen LogP contribution in [0.25, 0.3) is 27.7 Å². The molecule has 5 rings (SSSR count). The normalized spacial score (nSPS) is 14.4. The molecule has 1 aromatic carbocycles. The molecule has 4 heterocycles. The summed E-state index contributed by atoms with van der Waals surface area (Å²) in [6.45, 7) is 2.23. The number of ether oxygens (including phenoxy) is 1. The smallest absolute Gasteiger partial charge is 0.436 e. The summed E-state index contributed by atoms with van der Waals surface area (Å²) in [7, 11) is 0. The Kier molecular flexibility index (Phi) is 5.86. The topological polar surface area (TPSA) is 120 Å². The van der Waals surface area contributed by atoms with Crippen molar-refractivity contribution in [1.29, 1.82) is 5.26 Å². The van der Waals surface area contributed by atoms with E-state index in [2.05, 4.69) is 15.1 Å². The number of phenolic OH excluding ortho intramolecular Hbond substituents is 1. The molecule has 1 saturated heterocycles. The zero-order chi connectivity index (χ0) is 25.8. The lowest BCUT2D eigenvalue weighted by Gasteiger charge is -2.41. The van der Waals surface area contributed by atoms with Gasteiger partial charge in [0.1, 0.15) is 23.0 Å². The molecule has 186 valence electrons. The van der Waals surface area contributed by atoms with E-state index in [9.17, 15) is 23.5 Å². The lowest BCUT2D eigenvalue weighted by Crippen LogP contribution is -2.53. The Hall–Kier alpha value is -3.66. The number of pyridine rings is 1. The van der Waals surface area contributed by atoms with Gasteiger partial charge in [0.05, 0.1) is 30.0 Å². The van der Waals surface area contributed by atoms with Gasteiger partial charge in [0.2, 0.25) is 0 Å². The summed E-state index contributed by atoms with van der Waals surface area (Å²) in [5.74, 6) is 0.0613. The van der Waals surface area contributed by atoms with E-state index in [1.54, 1.807) is 30.0 Å². The van der Waals surface area contributed by atoms with Crippen molar-refractivity contribution in [1.82, 2.24) is 19.6 Å². The van der Waals surface area contributed by atoms with Crippen molar-refractivity contribution in [2.45, 2.75) is 19.2 Å². The van der Waals surface area contributed by atoms with Crippen LogP contribution in [0.5, 0.6) is 5.75 Å². The molecular formula is C23H18ClF3N6O3. The maximum absolute atomic E-state index is 13.8. The molecule has 0 spiro atoms. The summed E-state index contributed by atoms with van der Waals surface area (Å²) in [5, 5.41) is 33.4. The Morgan fingerprint density at radius 1 is 1.28 bits per heavy atom. The lowest BCUT2D eigenvalue weighted by molar-refractivity contribution is -0.141. The van der Waals surface area contributed by atoms with Crippen molar-refractivity contribution >= 4 is 34.0 Å². The monoisotopic (exact) mass is 518 g/mol. The number of rotatable bonds is 5. The zero-order valence-electron chi connectivity index (χ0n) is 18.7. The predicted molar refractivity (Wildman–Crippen MR) is 124 cm³/mol. The molecule has 1 fully saturated rings. The molecule has 36 heavy (non-hydrogen) atoms. The standard InChI is InChI=1S/C23H18ClF3N6O3/c1-11-17(13-4-5-29-18-14(13)2-3-16(24)19(18)35)22(32-9-12(10-32)36-7-6-34)33-21(30-11)15(8-28)20(31-33)23(25,26)27/h2-5,12,34-35H,6-7,9-10H2,1H3. The van der Waals surface area contributed by atoms with Gasteiger partial charge >= 0.3 is 6.18 Å². The number of halogens is 4. The quantitative estimate of drug-likeness (QED) is 0.410. The fraction of sp³-hybridized carbons (Fsp3) is 0.304. The molecule has 3 aromatic heterocycles. The van der Waals surface area contributed by atoms with Gasteiger partial charge in [0, 0.05) is 30.2 Å². The third-order valence-corrected chi connectivity index (χ3v) is 6.30.